The molecule has 1 aliphatic rings. The van der Waals surface area contributed by atoms with Gasteiger partial charge in [0.1, 0.15) is 5.54 Å². The first kappa shape index (κ1) is 23.0. The summed E-state index contributed by atoms with van der Waals surface area (Å²) in [5.74, 6) is -1.79. The zero-order chi connectivity index (χ0) is 25.4. The van der Waals surface area contributed by atoms with E-state index in [1.807, 2.05) is 0 Å². The van der Waals surface area contributed by atoms with E-state index in [9.17, 15) is 19.2 Å². The average molecular weight is 482 g/mol. The first-order chi connectivity index (χ1) is 17.3. The Morgan fingerprint density at radius 3 is 2.28 bits per heavy atom. The summed E-state index contributed by atoms with van der Waals surface area (Å²) in [6, 6.07) is 22.2. The quantitative estimate of drug-likeness (QED) is 0.447. The fourth-order valence-electron chi connectivity index (χ4n) is 4.24. The molecule has 3 aromatic carbocycles. The Kier molecular flexibility index (Phi) is 5.60. The van der Waals surface area contributed by atoms with Crippen molar-refractivity contribution < 1.29 is 19.1 Å². The normalized spacial score (nSPS) is 14.2. The molecule has 0 aliphatic carbocycles. The fraction of sp³-hybridized carbons (Fsp3) is 0.148. The Balaban J connectivity index is 1.48. The van der Waals surface area contributed by atoms with Gasteiger partial charge in [-0.25, -0.2) is 4.79 Å². The van der Waals surface area contributed by atoms with Crippen molar-refractivity contribution in [2.24, 2.45) is 0 Å². The van der Waals surface area contributed by atoms with Crippen LogP contribution in [0, 0.1) is 0 Å². The number of ether oxygens (including phenoxy) is 1. The lowest BCUT2D eigenvalue weighted by molar-refractivity contribution is -0.128. The van der Waals surface area contributed by atoms with Crippen LogP contribution in [0.25, 0.3) is 16.5 Å². The minimum absolute atomic E-state index is 0.0992. The van der Waals surface area contributed by atoms with Crippen LogP contribution < -0.4 is 15.8 Å². The van der Waals surface area contributed by atoms with E-state index in [1.54, 1.807) is 92.7 Å². The molecule has 0 spiro atoms. The van der Waals surface area contributed by atoms with Gasteiger partial charge in [0.05, 0.1) is 22.4 Å². The summed E-state index contributed by atoms with van der Waals surface area (Å²) < 4.78 is 6.52. The molecule has 1 aromatic heterocycles. The van der Waals surface area contributed by atoms with Crippen LogP contribution in [0.3, 0.4) is 0 Å². The maximum Gasteiger partial charge on any atom is 0.359 e. The van der Waals surface area contributed by atoms with Gasteiger partial charge >= 0.3 is 5.97 Å². The second-order valence-corrected chi connectivity index (χ2v) is 8.78. The molecule has 0 saturated heterocycles. The van der Waals surface area contributed by atoms with Crippen LogP contribution in [-0.2, 0) is 14.3 Å². The maximum atomic E-state index is 13.3. The predicted octanol–water partition coefficient (Wildman–Crippen LogP) is 3.31. The zero-order valence-electron chi connectivity index (χ0n) is 19.6. The van der Waals surface area contributed by atoms with Crippen molar-refractivity contribution in [2.45, 2.75) is 19.4 Å². The predicted molar refractivity (Wildman–Crippen MR) is 134 cm³/mol. The lowest BCUT2D eigenvalue weighted by Gasteiger charge is -2.41. The van der Waals surface area contributed by atoms with E-state index in [-0.39, 0.29) is 22.5 Å². The highest BCUT2D eigenvalue weighted by atomic mass is 16.5. The van der Waals surface area contributed by atoms with Gasteiger partial charge in [-0.1, -0.05) is 48.5 Å². The number of aromatic nitrogens is 2. The van der Waals surface area contributed by atoms with Crippen molar-refractivity contribution in [3.05, 3.63) is 94.9 Å². The van der Waals surface area contributed by atoms with Gasteiger partial charge < -0.3 is 10.1 Å². The minimum atomic E-state index is -1.21. The zero-order valence-corrected chi connectivity index (χ0v) is 19.6. The molecule has 180 valence electrons. The number of hydrogen-bond donors (Lipinski definition) is 1. The highest BCUT2D eigenvalue weighted by Gasteiger charge is 2.43. The second-order valence-electron chi connectivity index (χ2n) is 8.78. The highest BCUT2D eigenvalue weighted by molar-refractivity contribution is 6.14. The smallest absolute Gasteiger partial charge is 0.359 e. The minimum Gasteiger partial charge on any atom is -0.451 e. The molecule has 1 aliphatic heterocycles. The van der Waals surface area contributed by atoms with Gasteiger partial charge in [0, 0.05) is 5.39 Å². The third-order valence-corrected chi connectivity index (χ3v) is 6.08. The largest absolute Gasteiger partial charge is 0.451 e. The Morgan fingerprint density at radius 1 is 0.889 bits per heavy atom. The molecule has 9 heteroatoms. The molecule has 4 aromatic rings. The van der Waals surface area contributed by atoms with Gasteiger partial charge in [0.15, 0.2) is 12.3 Å². The van der Waals surface area contributed by atoms with Crippen LogP contribution in [0.5, 0.6) is 0 Å². The van der Waals surface area contributed by atoms with Gasteiger partial charge in [-0.05, 0) is 44.2 Å². The monoisotopic (exact) mass is 482 g/mol. The number of amides is 2. The van der Waals surface area contributed by atoms with Crippen LogP contribution >= 0.6 is 0 Å². The summed E-state index contributed by atoms with van der Waals surface area (Å²) in [5, 5.41) is 7.67. The summed E-state index contributed by atoms with van der Waals surface area (Å²) in [4.78, 5) is 53.4. The molecule has 0 saturated carbocycles. The fourth-order valence-corrected chi connectivity index (χ4v) is 4.24. The van der Waals surface area contributed by atoms with Gasteiger partial charge in [0.25, 0.3) is 11.5 Å². The van der Waals surface area contributed by atoms with Crippen LogP contribution in [0.15, 0.2) is 83.7 Å². The molecule has 1 N–H and O–H groups in total. The number of anilines is 2. The molecule has 0 atom stereocenters. The van der Waals surface area contributed by atoms with Gasteiger partial charge in [0.2, 0.25) is 5.91 Å². The molecule has 36 heavy (non-hydrogen) atoms. The average Bonchev–Trinajstić information content (AvgIpc) is 2.88. The molecule has 0 radical (unpaired) electrons. The number of esters is 1. The van der Waals surface area contributed by atoms with Crippen molar-refractivity contribution in [2.75, 3.05) is 16.8 Å². The Labute approximate surface area is 205 Å². The number of carbonyl (C=O) groups is 3. The van der Waals surface area contributed by atoms with Crippen LogP contribution in [0.4, 0.5) is 11.4 Å². The van der Waals surface area contributed by atoms with Gasteiger partial charge in [-0.15, -0.1) is 0 Å². The van der Waals surface area contributed by atoms with E-state index in [2.05, 4.69) is 10.4 Å². The SMILES string of the molecule is CC1(C)C(=O)Nc2ccccc2N1C(=O)COC(=O)c1nn(-c2ccccc2)c(=O)c2ccccc12. The lowest BCUT2D eigenvalue weighted by atomic mass is 9.96. The number of rotatable bonds is 4. The Morgan fingerprint density at radius 2 is 1.53 bits per heavy atom. The summed E-state index contributed by atoms with van der Waals surface area (Å²) in [5.41, 5.74) is -0.215. The van der Waals surface area contributed by atoms with Crippen LogP contribution in [0.2, 0.25) is 0 Å². The summed E-state index contributed by atoms with van der Waals surface area (Å²) in [7, 11) is 0. The van der Waals surface area contributed by atoms with E-state index in [0.717, 1.165) is 4.68 Å². The number of benzene rings is 3. The van der Waals surface area contributed by atoms with Gasteiger partial charge in [-0.2, -0.15) is 9.78 Å². The molecule has 5 rings (SSSR count). The molecule has 0 bridgehead atoms. The number of fused-ring (bicyclic) bond motifs is 2. The van der Waals surface area contributed by atoms with Crippen molar-refractivity contribution >= 4 is 39.9 Å². The molecule has 2 amide bonds. The third kappa shape index (κ3) is 3.80. The van der Waals surface area contributed by atoms with Crippen LogP contribution in [0.1, 0.15) is 24.3 Å². The molecular formula is C27H22N4O5. The Bertz CT molecular complexity index is 1580. The molecule has 9 nitrogen and oxygen atoms in total. The molecule has 0 fully saturated rings. The topological polar surface area (TPSA) is 111 Å². The molecule has 2 heterocycles. The van der Waals surface area contributed by atoms with Crippen molar-refractivity contribution in [3.8, 4) is 5.69 Å². The second kappa shape index (κ2) is 8.77. The lowest BCUT2D eigenvalue weighted by Crippen LogP contribution is -2.59. The van der Waals surface area contributed by atoms with Crippen molar-refractivity contribution in [1.29, 1.82) is 0 Å². The van der Waals surface area contributed by atoms with E-state index < -0.39 is 24.0 Å². The summed E-state index contributed by atoms with van der Waals surface area (Å²) in [6.45, 7) is 2.61. The van der Waals surface area contributed by atoms with E-state index in [4.69, 9.17) is 4.74 Å². The Hall–Kier alpha value is -4.79. The number of nitrogens with zero attached hydrogens (tertiary/aromatic N) is 3. The summed E-state index contributed by atoms with van der Waals surface area (Å²) >= 11 is 0. The van der Waals surface area contributed by atoms with Gasteiger partial charge in [-0.3, -0.25) is 19.3 Å². The van der Waals surface area contributed by atoms with Crippen molar-refractivity contribution in [1.82, 2.24) is 9.78 Å². The van der Waals surface area contributed by atoms with E-state index in [1.165, 1.54) is 4.90 Å². The number of nitrogens with one attached hydrogen (secondary N) is 1. The number of para-hydroxylation sites is 3. The first-order valence-electron chi connectivity index (χ1n) is 11.3. The van der Waals surface area contributed by atoms with E-state index in [0.29, 0.717) is 22.4 Å². The standard InChI is InChI=1S/C27H22N4O5/c1-27(2)26(35)28-20-14-8-9-15-21(20)30(27)22(32)16-36-25(34)23-18-12-6-7-13-19(18)24(33)31(29-23)17-10-4-3-5-11-17/h3-15H,16H2,1-2H3,(H,28,35). The van der Waals surface area contributed by atoms with Crippen LogP contribution in [-0.4, -0.2) is 39.7 Å². The third-order valence-electron chi connectivity index (χ3n) is 6.08. The summed E-state index contributed by atoms with van der Waals surface area (Å²) in [6.07, 6.45) is 0. The molecular weight excluding hydrogens is 460 g/mol. The first-order valence-corrected chi connectivity index (χ1v) is 11.3. The maximum absolute atomic E-state index is 13.3. The highest BCUT2D eigenvalue weighted by Crippen LogP contribution is 2.36. The van der Waals surface area contributed by atoms with E-state index >= 15 is 0 Å². The number of carbonyl (C=O) groups excluding carboxylic acids is 3. The molecule has 0 unspecified atom stereocenters. The number of hydrogen-bond acceptors (Lipinski definition) is 6. The van der Waals surface area contributed by atoms with Crippen molar-refractivity contribution in [3.63, 3.8) is 0 Å².